The van der Waals surface area contributed by atoms with Crippen molar-refractivity contribution in [3.8, 4) is 5.75 Å². The number of hydrogen-bond donors (Lipinski definition) is 1. The van der Waals surface area contributed by atoms with Crippen molar-refractivity contribution in [1.82, 2.24) is 0 Å². The third-order valence-corrected chi connectivity index (χ3v) is 4.73. The van der Waals surface area contributed by atoms with E-state index in [0.29, 0.717) is 0 Å². The minimum atomic E-state index is 0.726. The molecule has 2 aliphatic rings. The summed E-state index contributed by atoms with van der Waals surface area (Å²) in [5, 5.41) is 0. The Morgan fingerprint density at radius 1 is 1.20 bits per heavy atom. The van der Waals surface area contributed by atoms with Crippen molar-refractivity contribution in [1.29, 1.82) is 0 Å². The molecule has 3 nitrogen and oxygen atoms in total. The third kappa shape index (κ3) is 2.72. The van der Waals surface area contributed by atoms with Crippen LogP contribution in [0, 0.1) is 5.92 Å². The maximum absolute atomic E-state index is 6.06. The maximum atomic E-state index is 6.06. The molecule has 0 bridgehead atoms. The van der Waals surface area contributed by atoms with E-state index in [1.807, 2.05) is 6.07 Å². The SMILES string of the molecule is CCCOc1cc(N)cc(N2CCC3CCCCC32)c1. The van der Waals surface area contributed by atoms with E-state index in [9.17, 15) is 0 Å². The first-order chi connectivity index (χ1) is 9.78. The van der Waals surface area contributed by atoms with Gasteiger partial charge in [-0.25, -0.2) is 0 Å². The number of nitrogen functional groups attached to an aromatic ring is 1. The van der Waals surface area contributed by atoms with Gasteiger partial charge in [-0.2, -0.15) is 0 Å². The summed E-state index contributed by atoms with van der Waals surface area (Å²) in [4.78, 5) is 2.57. The number of ether oxygens (including phenoxy) is 1. The third-order valence-electron chi connectivity index (χ3n) is 4.73. The van der Waals surface area contributed by atoms with Crippen molar-refractivity contribution in [2.45, 2.75) is 51.5 Å². The van der Waals surface area contributed by atoms with E-state index in [2.05, 4.69) is 24.0 Å². The number of rotatable bonds is 4. The van der Waals surface area contributed by atoms with Crippen LogP contribution in [0.15, 0.2) is 18.2 Å². The monoisotopic (exact) mass is 274 g/mol. The Kier molecular flexibility index (Phi) is 4.04. The minimum absolute atomic E-state index is 0.726. The van der Waals surface area contributed by atoms with E-state index in [0.717, 1.165) is 36.4 Å². The van der Waals surface area contributed by atoms with Crippen molar-refractivity contribution < 1.29 is 4.74 Å². The number of benzene rings is 1. The highest BCUT2D eigenvalue weighted by atomic mass is 16.5. The van der Waals surface area contributed by atoms with Crippen LogP contribution in [0.1, 0.15) is 45.4 Å². The molecule has 0 aromatic heterocycles. The average Bonchev–Trinajstić information content (AvgIpc) is 2.88. The first kappa shape index (κ1) is 13.6. The van der Waals surface area contributed by atoms with Gasteiger partial charge in [0.2, 0.25) is 0 Å². The number of hydrogen-bond acceptors (Lipinski definition) is 3. The first-order valence-corrected chi connectivity index (χ1v) is 8.08. The predicted octanol–water partition coefficient (Wildman–Crippen LogP) is 3.83. The largest absolute Gasteiger partial charge is 0.493 e. The molecule has 1 aliphatic heterocycles. The Morgan fingerprint density at radius 2 is 2.05 bits per heavy atom. The highest BCUT2D eigenvalue weighted by Gasteiger charge is 2.35. The van der Waals surface area contributed by atoms with Gasteiger partial charge in [0.1, 0.15) is 5.75 Å². The number of anilines is 2. The summed E-state index contributed by atoms with van der Waals surface area (Å²) in [5.41, 5.74) is 8.13. The van der Waals surface area contributed by atoms with Crippen LogP contribution in [0.5, 0.6) is 5.75 Å². The van der Waals surface area contributed by atoms with Crippen molar-refractivity contribution >= 4 is 11.4 Å². The van der Waals surface area contributed by atoms with Gasteiger partial charge in [0.15, 0.2) is 0 Å². The molecule has 2 unspecified atom stereocenters. The summed E-state index contributed by atoms with van der Waals surface area (Å²) < 4.78 is 5.77. The van der Waals surface area contributed by atoms with Gasteiger partial charge in [-0.15, -0.1) is 0 Å². The lowest BCUT2D eigenvalue weighted by molar-refractivity contribution is 0.317. The van der Waals surface area contributed by atoms with Crippen molar-refractivity contribution in [2.75, 3.05) is 23.8 Å². The van der Waals surface area contributed by atoms with Crippen LogP contribution >= 0.6 is 0 Å². The molecular weight excluding hydrogens is 248 g/mol. The molecule has 2 fully saturated rings. The average molecular weight is 274 g/mol. The summed E-state index contributed by atoms with van der Waals surface area (Å²) in [6.07, 6.45) is 7.90. The van der Waals surface area contributed by atoms with E-state index in [4.69, 9.17) is 10.5 Å². The van der Waals surface area contributed by atoms with Crippen LogP contribution in [-0.4, -0.2) is 19.2 Å². The lowest BCUT2D eigenvalue weighted by atomic mass is 9.85. The lowest BCUT2D eigenvalue weighted by Gasteiger charge is -2.33. The van der Waals surface area contributed by atoms with Gasteiger partial charge in [0.25, 0.3) is 0 Å². The van der Waals surface area contributed by atoms with Crippen molar-refractivity contribution in [3.05, 3.63) is 18.2 Å². The summed E-state index contributed by atoms with van der Waals surface area (Å²) in [6, 6.07) is 6.94. The molecule has 1 heterocycles. The molecular formula is C17H26N2O. The van der Waals surface area contributed by atoms with E-state index >= 15 is 0 Å². The second-order valence-electron chi connectivity index (χ2n) is 6.20. The Bertz CT molecular complexity index is 460. The van der Waals surface area contributed by atoms with Crippen LogP contribution in [0.4, 0.5) is 11.4 Å². The minimum Gasteiger partial charge on any atom is -0.493 e. The molecule has 0 amide bonds. The van der Waals surface area contributed by atoms with Crippen LogP contribution < -0.4 is 15.4 Å². The van der Waals surface area contributed by atoms with Crippen LogP contribution in [0.3, 0.4) is 0 Å². The first-order valence-electron chi connectivity index (χ1n) is 8.08. The fraction of sp³-hybridized carbons (Fsp3) is 0.647. The molecule has 0 radical (unpaired) electrons. The fourth-order valence-corrected chi connectivity index (χ4v) is 3.80. The zero-order chi connectivity index (χ0) is 13.9. The zero-order valence-corrected chi connectivity index (χ0v) is 12.5. The second kappa shape index (κ2) is 5.94. The van der Waals surface area contributed by atoms with Crippen LogP contribution in [0.25, 0.3) is 0 Å². The molecule has 2 atom stereocenters. The van der Waals surface area contributed by atoms with Gasteiger partial charge in [0.05, 0.1) is 6.61 Å². The molecule has 1 saturated carbocycles. The Hall–Kier alpha value is -1.38. The molecule has 0 spiro atoms. The number of fused-ring (bicyclic) bond motifs is 1. The summed E-state index contributed by atoms with van der Waals surface area (Å²) in [5.74, 6) is 1.81. The van der Waals surface area contributed by atoms with Gasteiger partial charge < -0.3 is 15.4 Å². The second-order valence-corrected chi connectivity index (χ2v) is 6.20. The van der Waals surface area contributed by atoms with Crippen LogP contribution in [0.2, 0.25) is 0 Å². The quantitative estimate of drug-likeness (QED) is 0.848. The molecule has 1 saturated heterocycles. The normalized spacial score (nSPS) is 25.6. The summed E-state index contributed by atoms with van der Waals surface area (Å²) in [6.45, 7) is 4.06. The van der Waals surface area contributed by atoms with Gasteiger partial charge in [-0.3, -0.25) is 0 Å². The Balaban J connectivity index is 1.80. The smallest absolute Gasteiger partial charge is 0.123 e. The van der Waals surface area contributed by atoms with Gasteiger partial charge in [-0.05, 0) is 37.7 Å². The zero-order valence-electron chi connectivity index (χ0n) is 12.5. The molecule has 1 aliphatic carbocycles. The number of nitrogens with zero attached hydrogens (tertiary/aromatic N) is 1. The van der Waals surface area contributed by atoms with Gasteiger partial charge in [0, 0.05) is 36.1 Å². The molecule has 3 rings (SSSR count). The maximum Gasteiger partial charge on any atom is 0.123 e. The molecule has 20 heavy (non-hydrogen) atoms. The van der Waals surface area contributed by atoms with Crippen molar-refractivity contribution in [3.63, 3.8) is 0 Å². The van der Waals surface area contributed by atoms with E-state index < -0.39 is 0 Å². The van der Waals surface area contributed by atoms with Gasteiger partial charge >= 0.3 is 0 Å². The standard InChI is InChI=1S/C17H26N2O/c1-2-9-20-16-11-14(18)10-15(12-16)19-8-7-13-5-3-4-6-17(13)19/h10-13,17H,2-9,18H2,1H3. The number of nitrogens with two attached hydrogens (primary N) is 1. The Labute approximate surface area is 122 Å². The highest BCUT2D eigenvalue weighted by Crippen LogP contribution is 2.40. The fourth-order valence-electron chi connectivity index (χ4n) is 3.80. The van der Waals surface area contributed by atoms with E-state index in [-0.39, 0.29) is 0 Å². The molecule has 110 valence electrons. The molecule has 1 aromatic carbocycles. The lowest BCUT2D eigenvalue weighted by Crippen LogP contribution is -2.34. The summed E-state index contributed by atoms with van der Waals surface area (Å²) >= 11 is 0. The predicted molar refractivity (Wildman–Crippen MR) is 84.3 cm³/mol. The molecule has 3 heteroatoms. The summed E-state index contributed by atoms with van der Waals surface area (Å²) in [7, 11) is 0. The van der Waals surface area contributed by atoms with Crippen molar-refractivity contribution in [2.24, 2.45) is 5.92 Å². The van der Waals surface area contributed by atoms with E-state index in [1.165, 1.54) is 44.3 Å². The molecule has 2 N–H and O–H groups in total. The topological polar surface area (TPSA) is 38.5 Å². The molecule has 1 aromatic rings. The highest BCUT2D eigenvalue weighted by molar-refractivity contribution is 5.61. The van der Waals surface area contributed by atoms with Crippen LogP contribution in [-0.2, 0) is 0 Å². The van der Waals surface area contributed by atoms with Gasteiger partial charge in [-0.1, -0.05) is 19.8 Å². The van der Waals surface area contributed by atoms with E-state index in [1.54, 1.807) is 0 Å². The Morgan fingerprint density at radius 3 is 2.90 bits per heavy atom.